The Balaban J connectivity index is 2.12. The van der Waals surface area contributed by atoms with Gasteiger partial charge in [-0.3, -0.25) is 4.79 Å². The molecule has 8 nitrogen and oxygen atoms in total. The first kappa shape index (κ1) is 26.3. The van der Waals surface area contributed by atoms with Gasteiger partial charge < -0.3 is 30.7 Å². The largest absolute Gasteiger partial charge is 0.492 e. The van der Waals surface area contributed by atoms with E-state index in [4.69, 9.17) is 26.5 Å². The van der Waals surface area contributed by atoms with Crippen molar-refractivity contribution in [3.63, 3.8) is 0 Å². The van der Waals surface area contributed by atoms with E-state index in [1.54, 1.807) is 18.2 Å². The summed E-state index contributed by atoms with van der Waals surface area (Å²) in [6.07, 6.45) is 19.1. The van der Waals surface area contributed by atoms with Gasteiger partial charge in [-0.1, -0.05) is 6.08 Å². The molecule has 2 rings (SSSR count). The SMILES string of the molecule is C#C[C@H]1CC[C@H](N/C=C2/C=C(NC(=O)/C(I)=C/C=C\C(=N\O)OC)C(OCC)=CC2=N)CC1. The number of oxime groups is 1. The van der Waals surface area contributed by atoms with Crippen LogP contribution in [0.1, 0.15) is 32.6 Å². The second-order valence-corrected chi connectivity index (χ2v) is 8.53. The van der Waals surface area contributed by atoms with Crippen molar-refractivity contribution in [1.82, 2.24) is 10.6 Å². The Kier molecular flexibility index (Phi) is 10.8. The molecular formula is C24H29IN4O4. The summed E-state index contributed by atoms with van der Waals surface area (Å²) in [5.74, 6) is 3.28. The smallest absolute Gasteiger partial charge is 0.261 e. The minimum absolute atomic E-state index is 0.0148. The average Bonchev–Trinajstić information content (AvgIpc) is 2.82. The van der Waals surface area contributed by atoms with E-state index in [0.717, 1.165) is 25.7 Å². The van der Waals surface area contributed by atoms with Gasteiger partial charge in [-0.15, -0.1) is 12.3 Å². The molecule has 1 amide bonds. The molecule has 2 aliphatic rings. The Morgan fingerprint density at radius 3 is 2.73 bits per heavy atom. The highest BCUT2D eigenvalue weighted by molar-refractivity contribution is 14.1. The summed E-state index contributed by atoms with van der Waals surface area (Å²) < 4.78 is 10.8. The van der Waals surface area contributed by atoms with Crippen LogP contribution in [0.2, 0.25) is 0 Å². The van der Waals surface area contributed by atoms with E-state index >= 15 is 0 Å². The second-order valence-electron chi connectivity index (χ2n) is 7.37. The molecule has 0 unspecified atom stereocenters. The zero-order valence-electron chi connectivity index (χ0n) is 18.7. The van der Waals surface area contributed by atoms with Crippen LogP contribution >= 0.6 is 22.6 Å². The first-order valence-corrected chi connectivity index (χ1v) is 11.7. The molecule has 176 valence electrons. The van der Waals surface area contributed by atoms with Crippen LogP contribution in [0.5, 0.6) is 0 Å². The lowest BCUT2D eigenvalue weighted by Crippen LogP contribution is -2.30. The minimum atomic E-state index is -0.342. The van der Waals surface area contributed by atoms with Crippen molar-refractivity contribution in [3.05, 3.63) is 57.2 Å². The molecule has 1 fully saturated rings. The highest BCUT2D eigenvalue weighted by Gasteiger charge is 2.21. The molecular weight excluding hydrogens is 535 g/mol. The predicted octanol–water partition coefficient (Wildman–Crippen LogP) is 3.91. The topological polar surface area (TPSA) is 116 Å². The number of carbonyl (C=O) groups is 1. The zero-order chi connectivity index (χ0) is 24.2. The van der Waals surface area contributed by atoms with Crippen LogP contribution in [0.25, 0.3) is 0 Å². The standard InChI is InChI=1S/C24H29IN4O4/c1-4-16-9-11-18(12-10-16)27-15-17-13-21(22(33-5-2)14-20(17)26)28-24(30)19(25)7-6-8-23(29-31)32-3/h1,6-8,13-16,18,26-27,31H,5,9-12H2,2-3H3,(H,28,30)/b8-6-,17-15-,19-7-,26-20?,29-23-/t16-,18-. The number of ether oxygens (including phenoxy) is 2. The number of hydrogen-bond acceptors (Lipinski definition) is 7. The molecule has 0 saturated heterocycles. The van der Waals surface area contributed by atoms with Gasteiger partial charge in [-0.2, -0.15) is 0 Å². The summed E-state index contributed by atoms with van der Waals surface area (Å²) in [6.45, 7) is 2.24. The number of rotatable bonds is 8. The Labute approximate surface area is 208 Å². The molecule has 0 heterocycles. The molecule has 9 heteroatoms. The maximum absolute atomic E-state index is 12.7. The van der Waals surface area contributed by atoms with Gasteiger partial charge in [0.2, 0.25) is 5.90 Å². The van der Waals surface area contributed by atoms with Gasteiger partial charge >= 0.3 is 0 Å². The fourth-order valence-corrected chi connectivity index (χ4v) is 3.68. The van der Waals surface area contributed by atoms with Crippen LogP contribution in [-0.4, -0.2) is 42.5 Å². The number of methoxy groups -OCH3 is 1. The van der Waals surface area contributed by atoms with E-state index in [1.165, 1.54) is 19.3 Å². The Morgan fingerprint density at radius 1 is 1.39 bits per heavy atom. The van der Waals surface area contributed by atoms with Crippen LogP contribution in [-0.2, 0) is 14.3 Å². The van der Waals surface area contributed by atoms with Crippen LogP contribution in [0.3, 0.4) is 0 Å². The quantitative estimate of drug-likeness (QED) is 0.0522. The normalized spacial score (nSPS) is 23.0. The summed E-state index contributed by atoms with van der Waals surface area (Å²) in [7, 11) is 1.37. The Morgan fingerprint density at radius 2 is 2.12 bits per heavy atom. The number of nitrogens with one attached hydrogen (secondary N) is 3. The van der Waals surface area contributed by atoms with Crippen LogP contribution in [0.4, 0.5) is 0 Å². The van der Waals surface area contributed by atoms with E-state index in [1.807, 2.05) is 35.7 Å². The van der Waals surface area contributed by atoms with Gasteiger partial charge in [0.05, 0.1) is 28.7 Å². The highest BCUT2D eigenvalue weighted by atomic mass is 127. The first-order chi connectivity index (χ1) is 15.9. The lowest BCUT2D eigenvalue weighted by atomic mass is 9.86. The minimum Gasteiger partial charge on any atom is -0.492 e. The van der Waals surface area contributed by atoms with Gasteiger partial charge in [-0.05, 0) is 72.5 Å². The van der Waals surface area contributed by atoms with E-state index < -0.39 is 0 Å². The molecule has 2 aliphatic carbocycles. The summed E-state index contributed by atoms with van der Waals surface area (Å²) in [5.41, 5.74) is 1.42. The van der Waals surface area contributed by atoms with Gasteiger partial charge in [0.15, 0.2) is 0 Å². The molecule has 0 atom stereocenters. The Bertz CT molecular complexity index is 961. The van der Waals surface area contributed by atoms with Crippen molar-refractivity contribution in [2.45, 2.75) is 38.6 Å². The fourth-order valence-electron chi connectivity index (χ4n) is 3.34. The third kappa shape index (κ3) is 8.13. The summed E-state index contributed by atoms with van der Waals surface area (Å²) in [4.78, 5) is 12.7. The number of hydrogen-bond donors (Lipinski definition) is 4. The van der Waals surface area contributed by atoms with Crippen molar-refractivity contribution in [2.24, 2.45) is 11.1 Å². The molecule has 0 aliphatic heterocycles. The molecule has 0 bridgehead atoms. The molecule has 4 N–H and O–H groups in total. The van der Waals surface area contributed by atoms with E-state index in [9.17, 15) is 4.79 Å². The number of halogens is 1. The fraction of sp³-hybridized carbons (Fsp3) is 0.375. The maximum Gasteiger partial charge on any atom is 0.261 e. The lowest BCUT2D eigenvalue weighted by Gasteiger charge is -2.26. The van der Waals surface area contributed by atoms with Crippen LogP contribution < -0.4 is 10.6 Å². The zero-order valence-corrected chi connectivity index (χ0v) is 20.9. The van der Waals surface area contributed by atoms with E-state index in [0.29, 0.717) is 44.9 Å². The van der Waals surface area contributed by atoms with E-state index in [2.05, 4.69) is 21.7 Å². The number of allylic oxidation sites excluding steroid dienone is 5. The van der Waals surface area contributed by atoms with Crippen molar-refractivity contribution < 1.29 is 19.5 Å². The second kappa shape index (κ2) is 13.5. The molecule has 0 radical (unpaired) electrons. The van der Waals surface area contributed by atoms with E-state index in [-0.39, 0.29) is 11.8 Å². The van der Waals surface area contributed by atoms with Crippen molar-refractivity contribution in [2.75, 3.05) is 13.7 Å². The molecule has 0 aromatic heterocycles. The molecule has 0 aromatic rings. The third-order valence-corrected chi connectivity index (χ3v) is 5.99. The monoisotopic (exact) mass is 564 g/mol. The van der Waals surface area contributed by atoms with Gasteiger partial charge in [0.25, 0.3) is 5.91 Å². The highest BCUT2D eigenvalue weighted by Crippen LogP contribution is 2.24. The average molecular weight is 564 g/mol. The van der Waals surface area contributed by atoms with Gasteiger partial charge in [-0.25, -0.2) is 0 Å². The van der Waals surface area contributed by atoms with Gasteiger partial charge in [0.1, 0.15) is 5.76 Å². The summed E-state index contributed by atoms with van der Waals surface area (Å²) in [6, 6.07) is 0.314. The molecule has 1 saturated carbocycles. The number of nitrogens with zero attached hydrogens (tertiary/aromatic N) is 1. The van der Waals surface area contributed by atoms with Gasteiger partial charge in [0, 0.05) is 35.9 Å². The number of terminal acetylenes is 1. The summed E-state index contributed by atoms with van der Waals surface area (Å²) in [5, 5.41) is 26.3. The molecule has 33 heavy (non-hydrogen) atoms. The lowest BCUT2D eigenvalue weighted by molar-refractivity contribution is -0.116. The van der Waals surface area contributed by atoms with Crippen LogP contribution in [0.15, 0.2) is 62.3 Å². The molecule has 0 aromatic carbocycles. The van der Waals surface area contributed by atoms with Crippen molar-refractivity contribution >= 4 is 40.1 Å². The summed E-state index contributed by atoms with van der Waals surface area (Å²) >= 11 is 1.91. The number of amides is 1. The van der Waals surface area contributed by atoms with Crippen molar-refractivity contribution in [1.29, 1.82) is 5.41 Å². The van der Waals surface area contributed by atoms with Crippen molar-refractivity contribution in [3.8, 4) is 12.3 Å². The number of carbonyl (C=O) groups excluding carboxylic acids is 1. The maximum atomic E-state index is 12.7. The predicted molar refractivity (Wildman–Crippen MR) is 137 cm³/mol. The third-order valence-electron chi connectivity index (χ3n) is 5.14. The first-order valence-electron chi connectivity index (χ1n) is 10.6. The Hall–Kier alpha value is -3.00. The molecule has 0 spiro atoms. The van der Waals surface area contributed by atoms with Crippen LogP contribution in [0, 0.1) is 23.7 Å².